The fraction of sp³-hybridized carbons (Fsp3) is 0. The fourth-order valence-corrected chi connectivity index (χ4v) is 0. The summed E-state index contributed by atoms with van der Waals surface area (Å²) in [5.41, 5.74) is 0. The van der Waals surface area contributed by atoms with Crippen LogP contribution in [0.1, 0.15) is 0 Å². The third-order valence-electron chi connectivity index (χ3n) is 0. The van der Waals surface area contributed by atoms with Crippen LogP contribution in [0.5, 0.6) is 0 Å². The maximum absolute atomic E-state index is 9.00. The molecule has 0 rings (SSSR count). The summed E-state index contributed by atoms with van der Waals surface area (Å²) in [6.07, 6.45) is 0. The molecule has 0 heterocycles. The van der Waals surface area contributed by atoms with Gasteiger partial charge in [0, 0.05) is 32.7 Å². The Morgan fingerprint density at radius 3 is 1.67 bits per heavy atom. The predicted molar refractivity (Wildman–Crippen MR) is 23.7 cm³/mol. The number of carboxylic acid groups (broad SMARTS) is 1. The summed E-state index contributed by atoms with van der Waals surface area (Å²) in [5.74, 6) is 0. The monoisotopic (exact) mass is 281 g/mol. The number of rotatable bonds is 0. The van der Waals surface area contributed by atoms with E-state index in [2.05, 4.69) is 0 Å². The first-order valence-electron chi connectivity index (χ1n) is 0.678. The van der Waals surface area contributed by atoms with E-state index in [0.717, 1.165) is 16.9 Å². The van der Waals surface area contributed by atoms with Crippen LogP contribution in [0.4, 0.5) is 4.79 Å². The van der Waals surface area contributed by atoms with Gasteiger partial charge in [-0.3, -0.25) is 0 Å². The molecular weight excluding hydrogens is 278 g/mol. The molecule has 2 nitrogen and oxygen atoms in total. The molecule has 0 aliphatic carbocycles. The molecule has 0 aliphatic rings. The Balaban J connectivity index is -0.0000000450. The van der Waals surface area contributed by atoms with Crippen molar-refractivity contribution in [2.24, 2.45) is 0 Å². The summed E-state index contributed by atoms with van der Waals surface area (Å²) < 4.78 is -0.833. The molecule has 0 amide bonds. The molecule has 0 fully saturated rings. The van der Waals surface area contributed by atoms with Crippen LogP contribution in [-0.4, -0.2) is 46.5 Å². The largest absolute Gasteiger partial charge is 0 e. The molecule has 0 aromatic carbocycles. The quantitative estimate of drug-likeness (QED) is 0.557. The molecule has 0 unspecified atom stereocenters. The first kappa shape index (κ1) is 15.7. The van der Waals surface area contributed by atoms with Gasteiger partial charge in [0.05, 0.1) is 0 Å². The van der Waals surface area contributed by atoms with E-state index in [0.29, 0.717) is 0 Å². The van der Waals surface area contributed by atoms with Gasteiger partial charge in [0.1, 0.15) is 0 Å². The zero-order chi connectivity index (χ0) is 3.58. The molecule has 31 valence electrons. The average Bonchev–Trinajstić information content (AvgIpc) is 0.811. The standard InChI is InChI=1S/CH2AsO2.Ga.Y.2H/c2-1(3)4;;;;/h2H,(H,3,4);;;;. The van der Waals surface area contributed by atoms with Gasteiger partial charge in [0.2, 0.25) is 0 Å². The molecule has 5 heteroatoms. The third kappa shape index (κ3) is 41.9. The van der Waals surface area contributed by atoms with Crippen LogP contribution in [0.25, 0.3) is 0 Å². The third-order valence-corrected chi connectivity index (χ3v) is 0. The molecule has 3 radical (unpaired) electrons. The minimum absolute atomic E-state index is 0. The SMILES string of the molecule is O=C(O)[AsH].[GaH2].[Y]. The molecule has 0 atom stereocenters. The van der Waals surface area contributed by atoms with Crippen molar-refractivity contribution in [1.29, 1.82) is 0 Å². The normalized spacial score (nSPS) is 4.17. The van der Waals surface area contributed by atoms with Gasteiger partial charge in [-0.05, 0) is 0 Å². The zero-order valence-electron chi connectivity index (χ0n) is 3.43. The van der Waals surface area contributed by atoms with E-state index in [9.17, 15) is 0 Å². The predicted octanol–water partition coefficient (Wildman–Crippen LogP) is -1.35. The zero-order valence-corrected chi connectivity index (χ0v) is 12.6. The van der Waals surface area contributed by atoms with Gasteiger partial charge >= 0.3 is 51.3 Å². The molecule has 0 spiro atoms. The van der Waals surface area contributed by atoms with E-state index in [4.69, 9.17) is 9.90 Å². The van der Waals surface area contributed by atoms with Crippen LogP contribution < -0.4 is 0 Å². The summed E-state index contributed by atoms with van der Waals surface area (Å²) in [6.45, 7) is 0. The first-order chi connectivity index (χ1) is 1.73. The second-order valence-electron chi connectivity index (χ2n) is 0.305. The molecule has 0 aliphatic heterocycles. The van der Waals surface area contributed by atoms with Gasteiger partial charge in [-0.25, -0.2) is 0 Å². The van der Waals surface area contributed by atoms with Crippen LogP contribution in [0.2, 0.25) is 0 Å². The van der Waals surface area contributed by atoms with E-state index in [-0.39, 0.29) is 52.5 Å². The van der Waals surface area contributed by atoms with Gasteiger partial charge in [0.25, 0.3) is 0 Å². The Bertz CT molecular complexity index is 36.5. The smallest absolute Gasteiger partial charge is 0 e. The maximum atomic E-state index is 9.00. The van der Waals surface area contributed by atoms with Crippen LogP contribution in [-0.2, 0) is 32.7 Å². The van der Waals surface area contributed by atoms with Crippen LogP contribution >= 0.6 is 0 Å². The molecule has 0 bridgehead atoms. The topological polar surface area (TPSA) is 37.3 Å². The molecular formula is CH4AsGaO2Y. The van der Waals surface area contributed by atoms with Crippen molar-refractivity contribution in [3.05, 3.63) is 0 Å². The Morgan fingerprint density at radius 1 is 1.67 bits per heavy atom. The maximum Gasteiger partial charge on any atom is 0 e. The van der Waals surface area contributed by atoms with Gasteiger partial charge in [0.15, 0.2) is 0 Å². The molecule has 0 aromatic heterocycles. The van der Waals surface area contributed by atoms with E-state index >= 15 is 0 Å². The van der Waals surface area contributed by atoms with Crippen molar-refractivity contribution in [2.45, 2.75) is 0 Å². The van der Waals surface area contributed by atoms with Crippen molar-refractivity contribution in [3.63, 3.8) is 0 Å². The van der Waals surface area contributed by atoms with Crippen LogP contribution in [0.15, 0.2) is 0 Å². The minimum atomic E-state index is -0.833. The fourth-order valence-electron chi connectivity index (χ4n) is 0. The number of hydrogen-bond donors (Lipinski definition) is 1. The summed E-state index contributed by atoms with van der Waals surface area (Å²) in [6, 6.07) is 0. The van der Waals surface area contributed by atoms with Crippen molar-refractivity contribution in [3.8, 4) is 0 Å². The van der Waals surface area contributed by atoms with Crippen molar-refractivity contribution in [1.82, 2.24) is 0 Å². The molecule has 0 saturated heterocycles. The summed E-state index contributed by atoms with van der Waals surface area (Å²) >= 11 is 1.08. The molecule has 0 saturated carbocycles. The Kier molecular flexibility index (Phi) is 25.8. The molecule has 1 N–H and O–H groups in total. The van der Waals surface area contributed by atoms with Gasteiger partial charge < -0.3 is 0 Å². The van der Waals surface area contributed by atoms with Crippen molar-refractivity contribution in [2.75, 3.05) is 0 Å². The van der Waals surface area contributed by atoms with E-state index < -0.39 is 4.76 Å². The van der Waals surface area contributed by atoms with E-state index in [1.54, 1.807) is 0 Å². The van der Waals surface area contributed by atoms with Gasteiger partial charge in [-0.1, -0.05) is 0 Å². The average molecular weight is 282 g/mol. The first-order valence-corrected chi connectivity index (χ1v) is 1.73. The minimum Gasteiger partial charge on any atom is 0 e. The summed E-state index contributed by atoms with van der Waals surface area (Å²) in [4.78, 5) is 9.00. The Labute approximate surface area is 82.9 Å². The molecule has 0 aromatic rings. The van der Waals surface area contributed by atoms with E-state index in [1.807, 2.05) is 0 Å². The molecule has 6 heavy (non-hydrogen) atoms. The summed E-state index contributed by atoms with van der Waals surface area (Å²) in [7, 11) is 0. The van der Waals surface area contributed by atoms with Crippen molar-refractivity contribution >= 4 is 41.4 Å². The second-order valence-corrected chi connectivity index (χ2v) is 1.20. The van der Waals surface area contributed by atoms with Crippen LogP contribution in [0.3, 0.4) is 0 Å². The van der Waals surface area contributed by atoms with Crippen molar-refractivity contribution < 1.29 is 42.6 Å². The number of hydrogen-bond acceptors (Lipinski definition) is 1. The van der Waals surface area contributed by atoms with E-state index in [1.165, 1.54) is 0 Å². The number of carbonyl (C=O) groups is 1. The summed E-state index contributed by atoms with van der Waals surface area (Å²) in [5, 5.41) is 7.42. The Hall–Kier alpha value is 1.77. The van der Waals surface area contributed by atoms with Gasteiger partial charge in [-0.15, -0.1) is 0 Å². The van der Waals surface area contributed by atoms with Crippen LogP contribution in [0, 0.1) is 0 Å². The Morgan fingerprint density at radius 2 is 1.67 bits per heavy atom. The van der Waals surface area contributed by atoms with Gasteiger partial charge in [-0.2, -0.15) is 0 Å². The second kappa shape index (κ2) is 9.91.